The molecule has 1 aliphatic heterocycles. The second-order valence-electron chi connectivity index (χ2n) is 7.08. The van der Waals surface area contributed by atoms with Gasteiger partial charge in [-0.15, -0.1) is 0 Å². The Labute approximate surface area is 175 Å². The number of fused-ring (bicyclic) bond motifs is 1. The smallest absolute Gasteiger partial charge is 0.265 e. The minimum absolute atomic E-state index is 0.0438. The highest BCUT2D eigenvalue weighted by Gasteiger charge is 2.30. The van der Waals surface area contributed by atoms with Gasteiger partial charge in [-0.1, -0.05) is 11.6 Å². The zero-order valence-electron chi connectivity index (χ0n) is 16.3. The van der Waals surface area contributed by atoms with E-state index in [1.54, 1.807) is 23.8 Å². The molecule has 1 fully saturated rings. The van der Waals surface area contributed by atoms with Crippen LogP contribution >= 0.6 is 11.6 Å². The molecular formula is C20H18ClFN4O4. The van der Waals surface area contributed by atoms with Gasteiger partial charge in [0.05, 0.1) is 16.1 Å². The first kappa shape index (κ1) is 20.1. The van der Waals surface area contributed by atoms with Crippen molar-refractivity contribution in [1.29, 1.82) is 0 Å². The first-order valence-corrected chi connectivity index (χ1v) is 9.64. The Morgan fingerprint density at radius 3 is 2.40 bits per heavy atom. The molecule has 0 unspecified atom stereocenters. The van der Waals surface area contributed by atoms with Gasteiger partial charge in [0, 0.05) is 33.2 Å². The zero-order chi connectivity index (χ0) is 21.6. The molecular weight excluding hydrogens is 415 g/mol. The summed E-state index contributed by atoms with van der Waals surface area (Å²) in [5.41, 5.74) is 0.169. The maximum absolute atomic E-state index is 13.2. The number of hydrogen-bond donors (Lipinski definition) is 0. The lowest BCUT2D eigenvalue weighted by Gasteiger charge is -2.35. The third kappa shape index (κ3) is 3.35. The molecule has 0 aliphatic carbocycles. The molecule has 0 saturated carbocycles. The van der Waals surface area contributed by atoms with Crippen molar-refractivity contribution in [2.24, 2.45) is 7.05 Å². The van der Waals surface area contributed by atoms with Gasteiger partial charge in [-0.2, -0.15) is 0 Å². The van der Waals surface area contributed by atoms with Gasteiger partial charge in [0.2, 0.25) is 5.71 Å². The number of hydrogen-bond acceptors (Lipinski definition) is 5. The topological polar surface area (TPSA) is 88.6 Å². The Morgan fingerprint density at radius 2 is 1.77 bits per heavy atom. The number of carbonyl (C=O) groups excluding carboxylic acids is 2. The number of piperazine rings is 1. The van der Waals surface area contributed by atoms with Crippen molar-refractivity contribution in [2.75, 3.05) is 26.2 Å². The standard InChI is InChI=1S/C20H18ClFN4O4/c1-11-15(16-17(30-11)23-10-24(2)19(16)28)20(29)26-7-5-25(6-8-26)18(27)13-4-3-12(22)9-14(13)21/h3-4,9-10H,5-8H2,1-2H3. The number of nitrogens with zero attached hydrogens (tertiary/aromatic N) is 4. The monoisotopic (exact) mass is 432 g/mol. The fourth-order valence-corrected chi connectivity index (χ4v) is 3.80. The normalized spacial score (nSPS) is 14.4. The quantitative estimate of drug-likeness (QED) is 0.619. The van der Waals surface area contributed by atoms with Crippen LogP contribution in [0.3, 0.4) is 0 Å². The van der Waals surface area contributed by atoms with Crippen LogP contribution in [0.4, 0.5) is 4.39 Å². The number of amides is 2. The minimum atomic E-state index is -0.518. The first-order valence-electron chi connectivity index (χ1n) is 9.26. The van der Waals surface area contributed by atoms with Gasteiger partial charge in [-0.05, 0) is 25.1 Å². The summed E-state index contributed by atoms with van der Waals surface area (Å²) < 4.78 is 20.0. The summed E-state index contributed by atoms with van der Waals surface area (Å²) in [7, 11) is 1.55. The highest BCUT2D eigenvalue weighted by Crippen LogP contribution is 2.24. The van der Waals surface area contributed by atoms with Crippen LogP contribution in [0.15, 0.2) is 33.7 Å². The number of benzene rings is 1. The molecule has 2 aromatic heterocycles. The lowest BCUT2D eigenvalue weighted by atomic mass is 10.1. The Balaban J connectivity index is 1.54. The first-order chi connectivity index (χ1) is 14.3. The van der Waals surface area contributed by atoms with E-state index in [1.807, 2.05) is 0 Å². The molecule has 0 N–H and O–H groups in total. The van der Waals surface area contributed by atoms with Crippen molar-refractivity contribution >= 4 is 34.5 Å². The number of aryl methyl sites for hydroxylation is 2. The molecule has 0 bridgehead atoms. The van der Waals surface area contributed by atoms with Gasteiger partial charge >= 0.3 is 0 Å². The summed E-state index contributed by atoms with van der Waals surface area (Å²) in [5.74, 6) is -0.865. The van der Waals surface area contributed by atoms with Crippen LogP contribution in [0.2, 0.25) is 5.02 Å². The van der Waals surface area contributed by atoms with Gasteiger partial charge in [-0.25, -0.2) is 9.37 Å². The van der Waals surface area contributed by atoms with Crippen molar-refractivity contribution in [3.05, 3.63) is 62.6 Å². The lowest BCUT2D eigenvalue weighted by molar-refractivity contribution is 0.0535. The van der Waals surface area contributed by atoms with Gasteiger partial charge in [0.1, 0.15) is 23.3 Å². The fraction of sp³-hybridized carbons (Fsp3) is 0.300. The van der Waals surface area contributed by atoms with Crippen molar-refractivity contribution in [1.82, 2.24) is 19.4 Å². The van der Waals surface area contributed by atoms with E-state index in [9.17, 15) is 18.8 Å². The van der Waals surface area contributed by atoms with Crippen LogP contribution in [-0.2, 0) is 7.05 Å². The highest BCUT2D eigenvalue weighted by atomic mass is 35.5. The van der Waals surface area contributed by atoms with Crippen LogP contribution in [0, 0.1) is 12.7 Å². The summed E-state index contributed by atoms with van der Waals surface area (Å²) in [4.78, 5) is 45.5. The molecule has 4 rings (SSSR count). The molecule has 2 amide bonds. The number of aromatic nitrogens is 2. The minimum Gasteiger partial charge on any atom is -0.442 e. The number of furan rings is 1. The fourth-order valence-electron chi connectivity index (χ4n) is 3.55. The van der Waals surface area contributed by atoms with E-state index < -0.39 is 5.82 Å². The third-order valence-electron chi connectivity index (χ3n) is 5.18. The Bertz CT molecular complexity index is 1230. The van der Waals surface area contributed by atoms with Crippen LogP contribution in [-0.4, -0.2) is 57.3 Å². The Kier molecular flexibility index (Phi) is 5.07. The van der Waals surface area contributed by atoms with E-state index in [0.29, 0.717) is 5.76 Å². The molecule has 1 saturated heterocycles. The van der Waals surface area contributed by atoms with Crippen molar-refractivity contribution in [3.63, 3.8) is 0 Å². The molecule has 3 heterocycles. The van der Waals surface area contributed by atoms with Crippen LogP contribution in [0.1, 0.15) is 26.5 Å². The van der Waals surface area contributed by atoms with E-state index in [-0.39, 0.29) is 70.8 Å². The van der Waals surface area contributed by atoms with E-state index >= 15 is 0 Å². The van der Waals surface area contributed by atoms with E-state index in [2.05, 4.69) is 4.98 Å². The van der Waals surface area contributed by atoms with E-state index in [0.717, 1.165) is 6.07 Å². The summed E-state index contributed by atoms with van der Waals surface area (Å²) >= 11 is 5.99. The van der Waals surface area contributed by atoms with Crippen molar-refractivity contribution in [3.8, 4) is 0 Å². The highest BCUT2D eigenvalue weighted by molar-refractivity contribution is 6.33. The SMILES string of the molecule is Cc1oc2ncn(C)c(=O)c2c1C(=O)N1CCN(C(=O)c2ccc(F)cc2Cl)CC1. The van der Waals surface area contributed by atoms with Gasteiger partial charge in [-0.3, -0.25) is 14.4 Å². The molecule has 1 aromatic carbocycles. The van der Waals surface area contributed by atoms with Crippen LogP contribution < -0.4 is 5.56 Å². The third-order valence-corrected chi connectivity index (χ3v) is 5.49. The van der Waals surface area contributed by atoms with Gasteiger partial charge in [0.25, 0.3) is 17.4 Å². The summed E-state index contributed by atoms with van der Waals surface area (Å²) in [6.45, 7) is 2.73. The van der Waals surface area contributed by atoms with Crippen LogP contribution in [0.5, 0.6) is 0 Å². The average Bonchev–Trinajstić information content (AvgIpc) is 3.06. The summed E-state index contributed by atoms with van der Waals surface area (Å²) in [6, 6.07) is 3.62. The molecule has 0 atom stereocenters. The molecule has 8 nitrogen and oxygen atoms in total. The van der Waals surface area contributed by atoms with Gasteiger partial charge in [0.15, 0.2) is 0 Å². The molecule has 10 heteroatoms. The second-order valence-corrected chi connectivity index (χ2v) is 7.49. The van der Waals surface area contributed by atoms with Crippen molar-refractivity contribution in [2.45, 2.75) is 6.92 Å². The van der Waals surface area contributed by atoms with Crippen molar-refractivity contribution < 1.29 is 18.4 Å². The number of carbonyl (C=O) groups is 2. The maximum atomic E-state index is 13.2. The summed E-state index contributed by atoms with van der Waals surface area (Å²) in [6.07, 6.45) is 1.34. The Hall–Kier alpha value is -3.20. The predicted octanol–water partition coefficient (Wildman–Crippen LogP) is 2.23. The number of halogens is 2. The van der Waals surface area contributed by atoms with E-state index in [1.165, 1.54) is 23.0 Å². The maximum Gasteiger partial charge on any atom is 0.265 e. The average molecular weight is 433 g/mol. The summed E-state index contributed by atoms with van der Waals surface area (Å²) in [5, 5.41) is 0.196. The molecule has 30 heavy (non-hydrogen) atoms. The largest absolute Gasteiger partial charge is 0.442 e. The predicted molar refractivity (Wildman–Crippen MR) is 107 cm³/mol. The molecule has 0 radical (unpaired) electrons. The lowest BCUT2D eigenvalue weighted by Crippen LogP contribution is -2.50. The van der Waals surface area contributed by atoms with Gasteiger partial charge < -0.3 is 18.8 Å². The number of rotatable bonds is 2. The second kappa shape index (κ2) is 7.56. The molecule has 156 valence electrons. The molecule has 1 aliphatic rings. The molecule has 0 spiro atoms. The molecule has 3 aromatic rings. The van der Waals surface area contributed by atoms with E-state index in [4.69, 9.17) is 16.0 Å². The Morgan fingerprint density at radius 1 is 1.13 bits per heavy atom. The zero-order valence-corrected chi connectivity index (χ0v) is 17.1. The van der Waals surface area contributed by atoms with Crippen LogP contribution in [0.25, 0.3) is 11.1 Å².